The minimum atomic E-state index is -0.0119. The molecular weight excluding hydrogens is 222 g/mol. The first-order valence-electron chi connectivity index (χ1n) is 5.62. The molecule has 1 aliphatic heterocycles. The molecule has 16 heavy (non-hydrogen) atoms. The Bertz CT molecular complexity index is 371. The molecule has 0 bridgehead atoms. The molecule has 2 atom stereocenters. The van der Waals surface area contributed by atoms with Gasteiger partial charge in [0.05, 0.1) is 22.8 Å². The highest BCUT2D eigenvalue weighted by Crippen LogP contribution is 2.16. The molecule has 1 aromatic rings. The van der Waals surface area contributed by atoms with Crippen molar-refractivity contribution in [3.05, 3.63) is 16.1 Å². The molecule has 0 saturated carbocycles. The Morgan fingerprint density at radius 3 is 3.12 bits per heavy atom. The number of aryl methyl sites for hydroxylation is 1. The summed E-state index contributed by atoms with van der Waals surface area (Å²) < 4.78 is 0. The van der Waals surface area contributed by atoms with Gasteiger partial charge in [-0.25, -0.2) is 4.98 Å². The first-order chi connectivity index (χ1) is 7.66. The van der Waals surface area contributed by atoms with E-state index in [4.69, 9.17) is 0 Å². The van der Waals surface area contributed by atoms with Gasteiger partial charge >= 0.3 is 0 Å². The molecule has 88 valence electrons. The molecule has 1 saturated heterocycles. The third-order valence-corrected chi connectivity index (χ3v) is 3.61. The third-order valence-electron chi connectivity index (χ3n) is 2.82. The molecule has 5 heteroatoms. The molecule has 1 aliphatic rings. The van der Waals surface area contributed by atoms with Crippen LogP contribution < -0.4 is 10.6 Å². The summed E-state index contributed by atoms with van der Waals surface area (Å²) in [6.45, 7) is 4.89. The van der Waals surface area contributed by atoms with Gasteiger partial charge in [-0.2, -0.15) is 0 Å². The van der Waals surface area contributed by atoms with Gasteiger partial charge < -0.3 is 10.6 Å². The fourth-order valence-electron chi connectivity index (χ4n) is 1.88. The molecule has 2 rings (SSSR count). The molecule has 1 aromatic heterocycles. The average molecular weight is 239 g/mol. The van der Waals surface area contributed by atoms with Crippen LogP contribution in [0.2, 0.25) is 0 Å². The second kappa shape index (κ2) is 4.93. The molecule has 4 nitrogen and oxygen atoms in total. The minimum absolute atomic E-state index is 0.000139. The number of amides is 1. The van der Waals surface area contributed by atoms with Gasteiger partial charge in [0.1, 0.15) is 0 Å². The normalized spacial score (nSPS) is 22.0. The van der Waals surface area contributed by atoms with Crippen LogP contribution in [0.15, 0.2) is 5.38 Å². The Balaban J connectivity index is 1.91. The molecule has 0 spiro atoms. The fraction of sp³-hybridized carbons (Fsp3) is 0.636. The molecule has 1 fully saturated rings. The number of rotatable bonds is 3. The van der Waals surface area contributed by atoms with Crippen molar-refractivity contribution in [3.8, 4) is 0 Å². The number of aromatic nitrogens is 1. The van der Waals surface area contributed by atoms with Crippen molar-refractivity contribution in [1.82, 2.24) is 15.6 Å². The maximum atomic E-state index is 11.8. The van der Waals surface area contributed by atoms with Crippen molar-refractivity contribution in [2.75, 3.05) is 6.54 Å². The minimum Gasteiger partial charge on any atom is -0.347 e. The lowest BCUT2D eigenvalue weighted by Crippen LogP contribution is -2.41. The first-order valence-corrected chi connectivity index (χ1v) is 6.50. The van der Waals surface area contributed by atoms with E-state index in [0.29, 0.717) is 0 Å². The Labute approximate surface area is 99.5 Å². The second-order valence-corrected chi connectivity index (χ2v) is 5.23. The van der Waals surface area contributed by atoms with E-state index in [1.165, 1.54) is 0 Å². The highest BCUT2D eigenvalue weighted by molar-refractivity contribution is 7.09. The number of thiazole rings is 1. The van der Waals surface area contributed by atoms with E-state index in [-0.39, 0.29) is 18.0 Å². The van der Waals surface area contributed by atoms with Crippen molar-refractivity contribution < 1.29 is 4.79 Å². The number of hydrogen-bond donors (Lipinski definition) is 2. The molecule has 2 N–H and O–H groups in total. The van der Waals surface area contributed by atoms with E-state index < -0.39 is 0 Å². The fourth-order valence-corrected chi connectivity index (χ4v) is 2.58. The van der Waals surface area contributed by atoms with Crippen LogP contribution in [0.3, 0.4) is 0 Å². The molecule has 0 aromatic carbocycles. The predicted molar refractivity (Wildman–Crippen MR) is 64.4 cm³/mol. The van der Waals surface area contributed by atoms with E-state index in [0.717, 1.165) is 30.1 Å². The predicted octanol–water partition coefficient (Wildman–Crippen LogP) is 1.38. The largest absolute Gasteiger partial charge is 0.347 e. The second-order valence-electron chi connectivity index (χ2n) is 4.17. The lowest BCUT2D eigenvalue weighted by molar-refractivity contribution is -0.123. The van der Waals surface area contributed by atoms with E-state index in [1.807, 2.05) is 19.2 Å². The lowest BCUT2D eigenvalue weighted by Gasteiger charge is -2.15. The van der Waals surface area contributed by atoms with Crippen molar-refractivity contribution in [3.63, 3.8) is 0 Å². The Morgan fingerprint density at radius 2 is 2.56 bits per heavy atom. The topological polar surface area (TPSA) is 54.0 Å². The van der Waals surface area contributed by atoms with Crippen LogP contribution >= 0.6 is 11.3 Å². The van der Waals surface area contributed by atoms with Crippen molar-refractivity contribution in [2.45, 2.75) is 38.8 Å². The summed E-state index contributed by atoms with van der Waals surface area (Å²) in [5.41, 5.74) is 0.953. The van der Waals surface area contributed by atoms with Crippen LogP contribution in [-0.2, 0) is 4.79 Å². The zero-order chi connectivity index (χ0) is 11.5. The van der Waals surface area contributed by atoms with Crippen LogP contribution in [0, 0.1) is 6.92 Å². The summed E-state index contributed by atoms with van der Waals surface area (Å²) in [4.78, 5) is 16.2. The number of hydrogen-bond acceptors (Lipinski definition) is 4. The van der Waals surface area contributed by atoms with Gasteiger partial charge in [0.2, 0.25) is 5.91 Å². The van der Waals surface area contributed by atoms with E-state index >= 15 is 0 Å². The summed E-state index contributed by atoms with van der Waals surface area (Å²) in [6.07, 6.45) is 2.02. The van der Waals surface area contributed by atoms with Crippen LogP contribution in [0.5, 0.6) is 0 Å². The number of carbonyl (C=O) groups is 1. The van der Waals surface area contributed by atoms with E-state index in [9.17, 15) is 4.79 Å². The van der Waals surface area contributed by atoms with Crippen LogP contribution in [-0.4, -0.2) is 23.5 Å². The summed E-state index contributed by atoms with van der Waals surface area (Å²) >= 11 is 1.61. The zero-order valence-electron chi connectivity index (χ0n) is 9.62. The van der Waals surface area contributed by atoms with Crippen molar-refractivity contribution in [2.24, 2.45) is 0 Å². The first kappa shape index (κ1) is 11.5. The Kier molecular flexibility index (Phi) is 3.56. The van der Waals surface area contributed by atoms with Crippen LogP contribution in [0.25, 0.3) is 0 Å². The standard InChI is InChI=1S/C11H17N3OS/c1-7(10-6-16-8(2)14-10)13-11(15)9-4-3-5-12-9/h6-7,9,12H,3-5H2,1-2H3,(H,13,15). The van der Waals surface area contributed by atoms with Gasteiger partial charge in [0.25, 0.3) is 0 Å². The molecule has 0 radical (unpaired) electrons. The van der Waals surface area contributed by atoms with Crippen LogP contribution in [0.4, 0.5) is 0 Å². The maximum Gasteiger partial charge on any atom is 0.237 e. The summed E-state index contributed by atoms with van der Waals surface area (Å²) in [7, 11) is 0. The number of nitrogens with zero attached hydrogens (tertiary/aromatic N) is 1. The number of nitrogens with one attached hydrogen (secondary N) is 2. The molecular formula is C11H17N3OS. The van der Waals surface area contributed by atoms with Gasteiger partial charge in [0.15, 0.2) is 0 Å². The highest BCUT2D eigenvalue weighted by atomic mass is 32.1. The van der Waals surface area contributed by atoms with Gasteiger partial charge in [-0.05, 0) is 33.2 Å². The summed E-state index contributed by atoms with van der Waals surface area (Å²) in [5.74, 6) is 0.0932. The lowest BCUT2D eigenvalue weighted by atomic mass is 10.2. The Morgan fingerprint density at radius 1 is 1.75 bits per heavy atom. The van der Waals surface area contributed by atoms with Crippen molar-refractivity contribution in [1.29, 1.82) is 0 Å². The van der Waals surface area contributed by atoms with E-state index in [1.54, 1.807) is 11.3 Å². The van der Waals surface area contributed by atoms with Crippen LogP contribution in [0.1, 0.15) is 36.5 Å². The zero-order valence-corrected chi connectivity index (χ0v) is 10.4. The van der Waals surface area contributed by atoms with Gasteiger partial charge in [-0.1, -0.05) is 0 Å². The van der Waals surface area contributed by atoms with Crippen molar-refractivity contribution >= 4 is 17.2 Å². The maximum absolute atomic E-state index is 11.8. The SMILES string of the molecule is Cc1nc(C(C)NC(=O)C2CCCN2)cs1. The Hall–Kier alpha value is -0.940. The summed E-state index contributed by atoms with van der Waals surface area (Å²) in [5, 5.41) is 9.22. The molecule has 2 heterocycles. The quantitative estimate of drug-likeness (QED) is 0.838. The monoisotopic (exact) mass is 239 g/mol. The number of carbonyl (C=O) groups excluding carboxylic acids is 1. The average Bonchev–Trinajstić information content (AvgIpc) is 2.87. The highest BCUT2D eigenvalue weighted by Gasteiger charge is 2.23. The van der Waals surface area contributed by atoms with Gasteiger partial charge in [0, 0.05) is 5.38 Å². The van der Waals surface area contributed by atoms with Gasteiger partial charge in [-0.3, -0.25) is 4.79 Å². The van der Waals surface area contributed by atoms with Gasteiger partial charge in [-0.15, -0.1) is 11.3 Å². The smallest absolute Gasteiger partial charge is 0.237 e. The molecule has 2 unspecified atom stereocenters. The third kappa shape index (κ3) is 2.59. The van der Waals surface area contributed by atoms with E-state index in [2.05, 4.69) is 15.6 Å². The summed E-state index contributed by atoms with van der Waals surface area (Å²) in [6, 6.07) is -0.0120. The molecule has 1 amide bonds. The molecule has 0 aliphatic carbocycles.